The second kappa shape index (κ2) is 7.10. The van der Waals surface area contributed by atoms with Crippen molar-refractivity contribution in [1.29, 1.82) is 0 Å². The lowest BCUT2D eigenvalue weighted by molar-refractivity contribution is -0.115. The second-order valence-electron chi connectivity index (χ2n) is 5.83. The number of carbonyl (C=O) groups excluding carboxylic acids is 1. The molecule has 130 valence electrons. The summed E-state index contributed by atoms with van der Waals surface area (Å²) in [7, 11) is 0. The number of hydrogen-bond acceptors (Lipinski definition) is 7. The molecule has 25 heavy (non-hydrogen) atoms. The van der Waals surface area contributed by atoms with Crippen LogP contribution in [0.5, 0.6) is 0 Å². The van der Waals surface area contributed by atoms with Crippen molar-refractivity contribution in [1.82, 2.24) is 15.4 Å². The fraction of sp³-hybridized carbons (Fsp3) is 0.294. The molecule has 1 aromatic carbocycles. The van der Waals surface area contributed by atoms with Crippen LogP contribution in [0.4, 0.5) is 5.88 Å². The molecule has 0 saturated heterocycles. The van der Waals surface area contributed by atoms with Crippen LogP contribution >= 0.6 is 11.8 Å². The van der Waals surface area contributed by atoms with Gasteiger partial charge in [0.15, 0.2) is 0 Å². The first-order valence-electron chi connectivity index (χ1n) is 7.74. The summed E-state index contributed by atoms with van der Waals surface area (Å²) >= 11 is 1.19. The number of carbonyl (C=O) groups is 1. The van der Waals surface area contributed by atoms with Crippen molar-refractivity contribution in [3.8, 4) is 11.5 Å². The Balaban J connectivity index is 1.67. The molecule has 0 aliphatic rings. The van der Waals surface area contributed by atoms with Crippen LogP contribution in [0.1, 0.15) is 23.7 Å². The van der Waals surface area contributed by atoms with Crippen LogP contribution in [0, 0.1) is 20.8 Å². The smallest absolute Gasteiger partial charge is 0.277 e. The number of nitrogens with one attached hydrogen (secondary N) is 1. The van der Waals surface area contributed by atoms with Crippen LogP contribution in [0.3, 0.4) is 0 Å². The molecule has 0 spiro atoms. The zero-order valence-corrected chi connectivity index (χ0v) is 15.2. The molecule has 3 aromatic rings. The van der Waals surface area contributed by atoms with E-state index in [0.29, 0.717) is 22.7 Å². The minimum atomic E-state index is -0.432. The second-order valence-corrected chi connectivity index (χ2v) is 7.12. The number of amides is 1. The van der Waals surface area contributed by atoms with Gasteiger partial charge in [0.25, 0.3) is 5.22 Å². The first kappa shape index (κ1) is 17.2. The summed E-state index contributed by atoms with van der Waals surface area (Å²) < 4.78 is 10.7. The van der Waals surface area contributed by atoms with Crippen molar-refractivity contribution in [3.05, 3.63) is 41.1 Å². The normalized spacial score (nSPS) is 12.2. The fourth-order valence-corrected chi connectivity index (χ4v) is 3.01. The van der Waals surface area contributed by atoms with E-state index in [1.54, 1.807) is 19.9 Å². The van der Waals surface area contributed by atoms with Crippen LogP contribution in [-0.2, 0) is 4.79 Å². The van der Waals surface area contributed by atoms with Crippen molar-refractivity contribution in [2.75, 3.05) is 5.32 Å². The SMILES string of the molecule is Cc1cc(C)cc(-c2nnc(SC(C)C(=O)Nc3cc(C)no3)o2)c1. The topological polar surface area (TPSA) is 94.1 Å². The van der Waals surface area contributed by atoms with Gasteiger partial charge in [-0.25, -0.2) is 0 Å². The van der Waals surface area contributed by atoms with E-state index >= 15 is 0 Å². The molecule has 0 bridgehead atoms. The van der Waals surface area contributed by atoms with Gasteiger partial charge in [0.05, 0.1) is 10.9 Å². The Morgan fingerprint density at radius 1 is 1.12 bits per heavy atom. The third-order valence-electron chi connectivity index (χ3n) is 3.40. The average molecular weight is 358 g/mol. The molecule has 0 aliphatic carbocycles. The van der Waals surface area contributed by atoms with Gasteiger partial charge in [0, 0.05) is 11.6 Å². The summed E-state index contributed by atoms with van der Waals surface area (Å²) in [5.74, 6) is 0.525. The van der Waals surface area contributed by atoms with Gasteiger partial charge >= 0.3 is 0 Å². The zero-order valence-electron chi connectivity index (χ0n) is 14.4. The number of rotatable bonds is 5. The minimum Gasteiger partial charge on any atom is -0.411 e. The summed E-state index contributed by atoms with van der Waals surface area (Å²) in [4.78, 5) is 12.2. The minimum absolute atomic E-state index is 0.229. The quantitative estimate of drug-likeness (QED) is 0.694. The standard InChI is InChI=1S/C17H18N4O3S/c1-9-5-10(2)7-13(6-9)16-19-20-17(23-16)25-12(4)15(22)18-14-8-11(3)21-24-14/h5-8,12H,1-4H3,(H,18,22). The van der Waals surface area contributed by atoms with Crippen LogP contribution in [-0.4, -0.2) is 26.5 Å². The van der Waals surface area contributed by atoms with Gasteiger partial charge in [-0.2, -0.15) is 0 Å². The van der Waals surface area contributed by atoms with Crippen LogP contribution < -0.4 is 5.32 Å². The molecule has 1 unspecified atom stereocenters. The number of nitrogens with zero attached hydrogens (tertiary/aromatic N) is 3. The maximum Gasteiger partial charge on any atom is 0.277 e. The summed E-state index contributed by atoms with van der Waals surface area (Å²) in [6, 6.07) is 7.70. The highest BCUT2D eigenvalue weighted by molar-refractivity contribution is 8.00. The molecule has 3 rings (SSSR count). The highest BCUT2D eigenvalue weighted by atomic mass is 32.2. The molecule has 0 radical (unpaired) electrons. The first-order chi connectivity index (χ1) is 11.9. The number of thioether (sulfide) groups is 1. The largest absolute Gasteiger partial charge is 0.411 e. The Hall–Kier alpha value is -2.61. The monoisotopic (exact) mass is 358 g/mol. The van der Waals surface area contributed by atoms with Gasteiger partial charge in [-0.15, -0.1) is 10.2 Å². The number of aryl methyl sites for hydroxylation is 3. The molecule has 2 heterocycles. The van der Waals surface area contributed by atoms with Gasteiger partial charge in [-0.1, -0.05) is 34.1 Å². The maximum atomic E-state index is 12.2. The molecular weight excluding hydrogens is 340 g/mol. The third-order valence-corrected chi connectivity index (χ3v) is 4.33. The van der Waals surface area contributed by atoms with Crippen molar-refractivity contribution >= 4 is 23.6 Å². The lowest BCUT2D eigenvalue weighted by Gasteiger charge is -2.06. The zero-order chi connectivity index (χ0) is 18.0. The number of hydrogen-bond donors (Lipinski definition) is 1. The lowest BCUT2D eigenvalue weighted by atomic mass is 10.1. The highest BCUT2D eigenvalue weighted by Crippen LogP contribution is 2.27. The predicted molar refractivity (Wildman–Crippen MR) is 94.4 cm³/mol. The molecule has 2 aromatic heterocycles. The van der Waals surface area contributed by atoms with Gasteiger partial charge in [0.1, 0.15) is 0 Å². The number of aromatic nitrogens is 3. The van der Waals surface area contributed by atoms with E-state index in [0.717, 1.165) is 16.7 Å². The highest BCUT2D eigenvalue weighted by Gasteiger charge is 2.20. The first-order valence-corrected chi connectivity index (χ1v) is 8.61. The van der Waals surface area contributed by atoms with Gasteiger partial charge in [0.2, 0.25) is 17.7 Å². The molecule has 0 saturated carbocycles. The summed E-state index contributed by atoms with van der Waals surface area (Å²) in [5, 5.41) is 14.4. The molecule has 0 aliphatic heterocycles. The van der Waals surface area contributed by atoms with Crippen molar-refractivity contribution in [2.24, 2.45) is 0 Å². The maximum absolute atomic E-state index is 12.2. The molecule has 0 fully saturated rings. The van der Waals surface area contributed by atoms with Crippen LogP contribution in [0.15, 0.2) is 38.4 Å². The predicted octanol–water partition coefficient (Wildman–Crippen LogP) is 3.77. The lowest BCUT2D eigenvalue weighted by Crippen LogP contribution is -2.22. The van der Waals surface area contributed by atoms with Crippen LogP contribution in [0.2, 0.25) is 0 Å². The Morgan fingerprint density at radius 2 is 1.84 bits per heavy atom. The van der Waals surface area contributed by atoms with Crippen molar-refractivity contribution in [3.63, 3.8) is 0 Å². The van der Waals surface area contributed by atoms with E-state index in [9.17, 15) is 4.79 Å². The van der Waals surface area contributed by atoms with E-state index in [1.165, 1.54) is 11.8 Å². The van der Waals surface area contributed by atoms with Gasteiger partial charge in [-0.3, -0.25) is 10.1 Å². The molecule has 7 nitrogen and oxygen atoms in total. The molecule has 1 amide bonds. The van der Waals surface area contributed by atoms with Gasteiger partial charge < -0.3 is 8.94 Å². The van der Waals surface area contributed by atoms with Crippen LogP contribution in [0.25, 0.3) is 11.5 Å². The molecule has 8 heteroatoms. The Morgan fingerprint density at radius 3 is 2.48 bits per heavy atom. The van der Waals surface area contributed by atoms with E-state index in [4.69, 9.17) is 8.94 Å². The summed E-state index contributed by atoms with van der Waals surface area (Å²) in [5.41, 5.74) is 3.81. The number of anilines is 1. The molecular formula is C17H18N4O3S. The number of benzene rings is 1. The van der Waals surface area contributed by atoms with Crippen molar-refractivity contribution in [2.45, 2.75) is 38.2 Å². The van der Waals surface area contributed by atoms with E-state index in [-0.39, 0.29) is 5.91 Å². The summed E-state index contributed by atoms with van der Waals surface area (Å²) in [6.45, 7) is 7.56. The van der Waals surface area contributed by atoms with E-state index in [1.807, 2.05) is 26.0 Å². The van der Waals surface area contributed by atoms with E-state index in [2.05, 4.69) is 26.7 Å². The third kappa shape index (κ3) is 4.27. The molecule has 1 atom stereocenters. The summed E-state index contributed by atoms with van der Waals surface area (Å²) in [6.07, 6.45) is 0. The van der Waals surface area contributed by atoms with Crippen molar-refractivity contribution < 1.29 is 13.7 Å². The average Bonchev–Trinajstić information content (AvgIpc) is 3.15. The Labute approximate surface area is 149 Å². The Kier molecular flexibility index (Phi) is 4.89. The fourth-order valence-electron chi connectivity index (χ4n) is 2.32. The Bertz CT molecular complexity index is 883. The molecule has 1 N–H and O–H groups in total. The van der Waals surface area contributed by atoms with Gasteiger partial charge in [-0.05, 0) is 39.8 Å². The van der Waals surface area contributed by atoms with E-state index < -0.39 is 5.25 Å².